The number of rotatable bonds is 14. The van der Waals surface area contributed by atoms with E-state index in [4.69, 9.17) is 10.8 Å². The molecule has 6 heteroatoms. The van der Waals surface area contributed by atoms with Crippen molar-refractivity contribution in [2.24, 2.45) is 5.73 Å². The van der Waals surface area contributed by atoms with Crippen LogP contribution in [0.5, 0.6) is 0 Å². The Morgan fingerprint density at radius 3 is 1.74 bits per heavy atom. The molecular weight excluding hydrogens is 298 g/mol. The molecule has 0 aromatic carbocycles. The lowest BCUT2D eigenvalue weighted by Crippen LogP contribution is -2.40. The highest BCUT2D eigenvalue weighted by atomic mass is 16.6. The van der Waals surface area contributed by atoms with Gasteiger partial charge in [-0.25, -0.2) is 9.59 Å². The number of aliphatic carboxylic acids is 1. The molecule has 0 saturated heterocycles. The van der Waals surface area contributed by atoms with Gasteiger partial charge in [0, 0.05) is 6.42 Å². The fraction of sp³-hybridized carbons (Fsp3) is 0.824. The number of hydrogen-bond donors (Lipinski definition) is 2. The molecule has 6 nitrogen and oxygen atoms in total. The van der Waals surface area contributed by atoms with Crippen molar-refractivity contribution in [3.63, 3.8) is 0 Å². The number of carbonyl (C=O) groups excluding carboxylic acids is 2. The Morgan fingerprint density at radius 2 is 1.30 bits per heavy atom. The van der Waals surface area contributed by atoms with Gasteiger partial charge in [0.2, 0.25) is 6.04 Å². The van der Waals surface area contributed by atoms with E-state index in [1.165, 1.54) is 44.9 Å². The quantitative estimate of drug-likeness (QED) is 0.288. The van der Waals surface area contributed by atoms with Gasteiger partial charge >= 0.3 is 17.9 Å². The summed E-state index contributed by atoms with van der Waals surface area (Å²) >= 11 is 0. The number of esters is 2. The zero-order valence-corrected chi connectivity index (χ0v) is 14.2. The Kier molecular flexibility index (Phi) is 13.3. The van der Waals surface area contributed by atoms with Crippen molar-refractivity contribution >= 4 is 17.9 Å². The molecule has 0 bridgehead atoms. The Balaban J connectivity index is 3.42. The van der Waals surface area contributed by atoms with E-state index in [1.807, 2.05) is 0 Å². The number of carboxylic acid groups (broad SMARTS) is 1. The maximum Gasteiger partial charge on any atom is 0.342 e. The first-order chi connectivity index (χ1) is 11.0. The molecule has 1 unspecified atom stereocenters. The summed E-state index contributed by atoms with van der Waals surface area (Å²) in [6, 6.07) is -1.80. The van der Waals surface area contributed by atoms with Crippen LogP contribution in [0, 0.1) is 0 Å². The van der Waals surface area contributed by atoms with E-state index >= 15 is 0 Å². The number of unbranched alkanes of at least 4 members (excludes halogenated alkanes) is 10. The Hall–Kier alpha value is -1.43. The topological polar surface area (TPSA) is 107 Å². The molecular formula is C17H31NO5. The Bertz CT molecular complexity index is 357. The van der Waals surface area contributed by atoms with Gasteiger partial charge in [-0.2, -0.15) is 0 Å². The molecule has 0 heterocycles. The number of ether oxygens (including phenoxy) is 1. The van der Waals surface area contributed by atoms with Gasteiger partial charge in [-0.1, -0.05) is 71.1 Å². The van der Waals surface area contributed by atoms with Gasteiger partial charge in [0.15, 0.2) is 0 Å². The van der Waals surface area contributed by atoms with Crippen molar-refractivity contribution in [2.45, 2.75) is 90.0 Å². The van der Waals surface area contributed by atoms with Crippen LogP contribution < -0.4 is 5.73 Å². The van der Waals surface area contributed by atoms with Crippen molar-refractivity contribution in [1.82, 2.24) is 0 Å². The summed E-state index contributed by atoms with van der Waals surface area (Å²) in [4.78, 5) is 32.9. The predicted octanol–water partition coefficient (Wildman–Crippen LogP) is 3.17. The van der Waals surface area contributed by atoms with E-state index in [0.29, 0.717) is 6.42 Å². The highest BCUT2D eigenvalue weighted by Crippen LogP contribution is 2.12. The molecule has 0 aromatic rings. The van der Waals surface area contributed by atoms with Gasteiger partial charge in [0.1, 0.15) is 0 Å². The van der Waals surface area contributed by atoms with Gasteiger partial charge in [0.05, 0.1) is 0 Å². The molecule has 0 aliphatic rings. The summed E-state index contributed by atoms with van der Waals surface area (Å²) in [5.41, 5.74) is 5.04. The van der Waals surface area contributed by atoms with E-state index in [1.54, 1.807) is 0 Å². The van der Waals surface area contributed by atoms with Crippen molar-refractivity contribution in [2.75, 3.05) is 0 Å². The smallest absolute Gasteiger partial charge is 0.342 e. The SMILES string of the molecule is CCCCCCCCCCCCCC(=O)OC(=O)C(N)C(=O)O. The second kappa shape index (κ2) is 14.2. The lowest BCUT2D eigenvalue weighted by molar-refractivity contribution is -0.163. The minimum Gasteiger partial charge on any atom is -0.480 e. The number of carbonyl (C=O) groups is 3. The molecule has 0 amide bonds. The van der Waals surface area contributed by atoms with Gasteiger partial charge in [0.25, 0.3) is 0 Å². The molecule has 0 saturated carbocycles. The lowest BCUT2D eigenvalue weighted by Gasteiger charge is -2.06. The Labute approximate surface area is 138 Å². The second-order valence-corrected chi connectivity index (χ2v) is 5.89. The molecule has 3 N–H and O–H groups in total. The van der Waals surface area contributed by atoms with Crippen LogP contribution in [0.3, 0.4) is 0 Å². The largest absolute Gasteiger partial charge is 0.480 e. The molecule has 0 aliphatic carbocycles. The first-order valence-corrected chi connectivity index (χ1v) is 8.72. The van der Waals surface area contributed by atoms with Crippen LogP contribution in [0.15, 0.2) is 0 Å². The third kappa shape index (κ3) is 12.8. The van der Waals surface area contributed by atoms with E-state index in [2.05, 4.69) is 11.7 Å². The summed E-state index contributed by atoms with van der Waals surface area (Å²) < 4.78 is 4.38. The zero-order valence-electron chi connectivity index (χ0n) is 14.2. The standard InChI is InChI=1S/C17H31NO5/c1-2-3-4-5-6-7-8-9-10-11-12-13-14(19)23-17(22)15(18)16(20)21/h15H,2-13,18H2,1H3,(H,20,21). The van der Waals surface area contributed by atoms with Crippen LogP contribution in [0.1, 0.15) is 84.0 Å². The molecule has 0 aromatic heterocycles. The van der Waals surface area contributed by atoms with Crippen LogP contribution in [-0.2, 0) is 19.1 Å². The molecule has 1 atom stereocenters. The average Bonchev–Trinajstić information content (AvgIpc) is 2.51. The molecule has 0 radical (unpaired) electrons. The molecule has 134 valence electrons. The summed E-state index contributed by atoms with van der Waals surface area (Å²) in [6.45, 7) is 2.21. The summed E-state index contributed by atoms with van der Waals surface area (Å²) in [7, 11) is 0. The van der Waals surface area contributed by atoms with Crippen LogP contribution >= 0.6 is 0 Å². The van der Waals surface area contributed by atoms with E-state index in [9.17, 15) is 14.4 Å². The Morgan fingerprint density at radius 1 is 0.870 bits per heavy atom. The van der Waals surface area contributed by atoms with Crippen LogP contribution in [0.2, 0.25) is 0 Å². The van der Waals surface area contributed by atoms with Crippen molar-refractivity contribution in [3.8, 4) is 0 Å². The third-order valence-corrected chi connectivity index (χ3v) is 3.72. The second-order valence-electron chi connectivity index (χ2n) is 5.89. The zero-order chi connectivity index (χ0) is 17.5. The summed E-state index contributed by atoms with van der Waals surface area (Å²) in [5, 5.41) is 8.51. The van der Waals surface area contributed by atoms with E-state index in [-0.39, 0.29) is 6.42 Å². The lowest BCUT2D eigenvalue weighted by atomic mass is 10.1. The minimum absolute atomic E-state index is 0.120. The molecule has 0 spiro atoms. The first-order valence-electron chi connectivity index (χ1n) is 8.72. The first kappa shape index (κ1) is 21.6. The average molecular weight is 329 g/mol. The maximum atomic E-state index is 11.3. The molecule has 0 rings (SSSR count). The van der Waals surface area contributed by atoms with Crippen molar-refractivity contribution < 1.29 is 24.2 Å². The van der Waals surface area contributed by atoms with Crippen LogP contribution in [0.4, 0.5) is 0 Å². The van der Waals surface area contributed by atoms with Crippen LogP contribution in [-0.4, -0.2) is 29.1 Å². The normalized spacial score (nSPS) is 11.9. The monoisotopic (exact) mass is 329 g/mol. The van der Waals surface area contributed by atoms with Crippen molar-refractivity contribution in [1.29, 1.82) is 0 Å². The fourth-order valence-electron chi connectivity index (χ4n) is 2.26. The van der Waals surface area contributed by atoms with Gasteiger partial charge in [-0.15, -0.1) is 0 Å². The van der Waals surface area contributed by atoms with E-state index in [0.717, 1.165) is 19.3 Å². The number of hydrogen-bond acceptors (Lipinski definition) is 5. The van der Waals surface area contributed by atoms with Gasteiger partial charge in [-0.3, -0.25) is 4.79 Å². The molecule has 23 heavy (non-hydrogen) atoms. The van der Waals surface area contributed by atoms with E-state index < -0.39 is 23.9 Å². The number of nitrogens with two attached hydrogens (primary N) is 1. The summed E-state index contributed by atoms with van der Waals surface area (Å²) in [6.07, 6.45) is 13.0. The van der Waals surface area contributed by atoms with Gasteiger partial charge in [-0.05, 0) is 6.42 Å². The third-order valence-electron chi connectivity index (χ3n) is 3.72. The minimum atomic E-state index is -1.80. The van der Waals surface area contributed by atoms with Crippen molar-refractivity contribution in [3.05, 3.63) is 0 Å². The highest BCUT2D eigenvalue weighted by Gasteiger charge is 2.25. The molecule has 0 aliphatic heterocycles. The predicted molar refractivity (Wildman–Crippen MR) is 87.8 cm³/mol. The van der Waals surface area contributed by atoms with Gasteiger partial charge < -0.3 is 15.6 Å². The molecule has 0 fully saturated rings. The fourth-order valence-corrected chi connectivity index (χ4v) is 2.26. The number of carboxylic acids is 1. The van der Waals surface area contributed by atoms with Crippen LogP contribution in [0.25, 0.3) is 0 Å². The summed E-state index contributed by atoms with van der Waals surface area (Å²) in [5.74, 6) is -3.41. The highest BCUT2D eigenvalue weighted by molar-refractivity contribution is 6.01. The maximum absolute atomic E-state index is 11.3.